The van der Waals surface area contributed by atoms with Crippen molar-refractivity contribution in [2.75, 3.05) is 13.6 Å². The lowest BCUT2D eigenvalue weighted by molar-refractivity contribution is 0.493. The number of thioether (sulfide) groups is 1. The van der Waals surface area contributed by atoms with Gasteiger partial charge in [0.1, 0.15) is 11.1 Å². The van der Waals surface area contributed by atoms with E-state index in [9.17, 15) is 0 Å². The molecule has 19 heavy (non-hydrogen) atoms. The Labute approximate surface area is 118 Å². The maximum absolute atomic E-state index is 4.60. The van der Waals surface area contributed by atoms with Crippen LogP contribution in [0.3, 0.4) is 0 Å². The normalized spacial score (nSPS) is 25.8. The topological polar surface area (TPSA) is 40.0 Å². The molecular weight excluding hydrogens is 256 g/mol. The third-order valence-electron chi connectivity index (χ3n) is 3.36. The number of allylic oxidation sites excluding steroid dienone is 3. The van der Waals surface area contributed by atoms with Gasteiger partial charge in [-0.2, -0.15) is 0 Å². The van der Waals surface area contributed by atoms with Gasteiger partial charge in [-0.05, 0) is 25.8 Å². The van der Waals surface area contributed by atoms with Crippen LogP contribution in [0.25, 0.3) is 0 Å². The molecule has 3 aliphatic rings. The summed E-state index contributed by atoms with van der Waals surface area (Å²) in [6.45, 7) is 3.07. The molecule has 1 unspecified atom stereocenters. The van der Waals surface area contributed by atoms with Gasteiger partial charge in [0.15, 0.2) is 0 Å². The fourth-order valence-corrected chi connectivity index (χ4v) is 3.42. The Bertz CT molecular complexity index is 528. The van der Waals surface area contributed by atoms with E-state index in [1.165, 1.54) is 16.9 Å². The number of aliphatic imine (C=N–C) groups is 2. The van der Waals surface area contributed by atoms with Crippen molar-refractivity contribution in [3.8, 4) is 0 Å². The number of nitrogens with zero attached hydrogens (tertiary/aromatic N) is 3. The molecule has 100 valence electrons. The van der Waals surface area contributed by atoms with Crippen LogP contribution in [0.15, 0.2) is 43.3 Å². The molecule has 0 bridgehead atoms. The number of fused-ring (bicyclic) bond motifs is 1. The highest BCUT2D eigenvalue weighted by Crippen LogP contribution is 2.35. The Hall–Kier alpha value is -1.49. The minimum Gasteiger partial charge on any atom is -0.363 e. The van der Waals surface area contributed by atoms with Crippen molar-refractivity contribution < 1.29 is 0 Å². The van der Waals surface area contributed by atoms with Crippen LogP contribution in [0.4, 0.5) is 0 Å². The highest BCUT2D eigenvalue weighted by atomic mass is 32.2. The minimum atomic E-state index is 0.185. The second-order valence-corrected chi connectivity index (χ2v) is 6.14. The van der Waals surface area contributed by atoms with Crippen molar-refractivity contribution in [3.05, 3.63) is 33.4 Å². The Morgan fingerprint density at radius 2 is 2.37 bits per heavy atom. The summed E-state index contributed by atoms with van der Waals surface area (Å²) in [7, 11) is 2.03. The van der Waals surface area contributed by atoms with Gasteiger partial charge in [-0.25, -0.2) is 4.99 Å². The van der Waals surface area contributed by atoms with Gasteiger partial charge in [0.2, 0.25) is 0 Å². The van der Waals surface area contributed by atoms with Crippen molar-refractivity contribution in [1.82, 2.24) is 10.2 Å². The van der Waals surface area contributed by atoms with Crippen LogP contribution in [0.2, 0.25) is 0 Å². The predicted molar refractivity (Wildman–Crippen MR) is 82.2 cm³/mol. The Kier molecular flexibility index (Phi) is 3.46. The maximum Gasteiger partial charge on any atom is 0.124 e. The Morgan fingerprint density at radius 1 is 1.47 bits per heavy atom. The van der Waals surface area contributed by atoms with E-state index in [0.717, 1.165) is 23.7 Å². The summed E-state index contributed by atoms with van der Waals surface area (Å²) in [5.74, 6) is 0. The molecule has 3 rings (SSSR count). The Morgan fingerprint density at radius 3 is 3.21 bits per heavy atom. The van der Waals surface area contributed by atoms with E-state index in [2.05, 4.69) is 39.3 Å². The van der Waals surface area contributed by atoms with Gasteiger partial charge in [0.05, 0.1) is 18.4 Å². The first-order chi connectivity index (χ1) is 9.22. The molecule has 0 spiro atoms. The molecule has 0 saturated heterocycles. The van der Waals surface area contributed by atoms with Crippen LogP contribution >= 0.6 is 11.8 Å². The predicted octanol–water partition coefficient (Wildman–Crippen LogP) is 2.49. The molecule has 0 aromatic rings. The van der Waals surface area contributed by atoms with E-state index >= 15 is 0 Å². The zero-order chi connectivity index (χ0) is 13.2. The highest BCUT2D eigenvalue weighted by molar-refractivity contribution is 8.06. The van der Waals surface area contributed by atoms with Crippen LogP contribution in [0.5, 0.6) is 0 Å². The number of hydrogen-bond donors (Lipinski definition) is 1. The zero-order valence-electron chi connectivity index (χ0n) is 11.3. The Balaban J connectivity index is 1.85. The van der Waals surface area contributed by atoms with Crippen molar-refractivity contribution in [1.29, 1.82) is 0 Å². The van der Waals surface area contributed by atoms with E-state index in [1.807, 2.05) is 13.4 Å². The van der Waals surface area contributed by atoms with Crippen molar-refractivity contribution in [2.45, 2.75) is 25.8 Å². The van der Waals surface area contributed by atoms with E-state index in [1.54, 1.807) is 18.1 Å². The smallest absolute Gasteiger partial charge is 0.124 e. The molecule has 1 atom stereocenters. The van der Waals surface area contributed by atoms with Gasteiger partial charge in [-0.15, -0.1) is 0 Å². The summed E-state index contributed by atoms with van der Waals surface area (Å²) in [5.41, 5.74) is 2.57. The van der Waals surface area contributed by atoms with Crippen molar-refractivity contribution in [3.63, 3.8) is 0 Å². The molecule has 1 aliphatic carbocycles. The summed E-state index contributed by atoms with van der Waals surface area (Å²) in [4.78, 5) is 12.4. The average Bonchev–Trinajstić information content (AvgIpc) is 2.77. The van der Waals surface area contributed by atoms with Gasteiger partial charge in [-0.3, -0.25) is 4.99 Å². The van der Waals surface area contributed by atoms with Crippen LogP contribution in [-0.2, 0) is 0 Å². The summed E-state index contributed by atoms with van der Waals surface area (Å²) < 4.78 is 0. The summed E-state index contributed by atoms with van der Waals surface area (Å²) in [6.07, 6.45) is 10.5. The molecular formula is C14H18N4S. The van der Waals surface area contributed by atoms with E-state index < -0.39 is 0 Å². The second kappa shape index (κ2) is 5.25. The van der Waals surface area contributed by atoms with Crippen LogP contribution in [0.1, 0.15) is 19.8 Å². The van der Waals surface area contributed by atoms with Crippen molar-refractivity contribution in [2.24, 2.45) is 9.98 Å². The second-order valence-electron chi connectivity index (χ2n) is 5.08. The van der Waals surface area contributed by atoms with E-state index in [-0.39, 0.29) is 6.04 Å². The highest BCUT2D eigenvalue weighted by Gasteiger charge is 2.25. The largest absolute Gasteiger partial charge is 0.363 e. The first-order valence-electron chi connectivity index (χ1n) is 6.54. The van der Waals surface area contributed by atoms with Gasteiger partial charge >= 0.3 is 0 Å². The number of hydrogen-bond acceptors (Lipinski definition) is 5. The zero-order valence-corrected chi connectivity index (χ0v) is 12.1. The van der Waals surface area contributed by atoms with Crippen LogP contribution in [0, 0.1) is 0 Å². The van der Waals surface area contributed by atoms with Crippen LogP contribution < -0.4 is 5.32 Å². The molecule has 2 aliphatic heterocycles. The quantitative estimate of drug-likeness (QED) is 0.841. The number of likely N-dealkylation sites (N-methyl/N-ethyl adjacent to an activating group) is 1. The number of rotatable bonds is 2. The maximum atomic E-state index is 4.60. The molecule has 4 nitrogen and oxygen atoms in total. The molecule has 0 amide bonds. The number of nitrogens with one attached hydrogen (secondary N) is 1. The van der Waals surface area contributed by atoms with Gasteiger partial charge in [-0.1, -0.05) is 23.4 Å². The molecule has 0 aromatic carbocycles. The van der Waals surface area contributed by atoms with Crippen LogP contribution in [-0.4, -0.2) is 37.2 Å². The standard InChI is InChI=1S/C14H18N4S/c1-10-4-3-5-11(6-10)19-14-13-12(15-8-16-13)7-18(2)9-17-14/h5-6,8-9,12H,3-4,7H2,1-2H3,(H,15,16). The van der Waals surface area contributed by atoms with Gasteiger partial charge in [0.25, 0.3) is 0 Å². The SMILES string of the molecule is CC1=CC(SC2=C3NC=NC3CN(C)C=N2)=CCC1. The van der Waals surface area contributed by atoms with Gasteiger partial charge in [0, 0.05) is 18.5 Å². The minimum absolute atomic E-state index is 0.185. The fourth-order valence-electron chi connectivity index (χ4n) is 2.33. The fraction of sp³-hybridized carbons (Fsp3) is 0.429. The first-order valence-corrected chi connectivity index (χ1v) is 7.36. The van der Waals surface area contributed by atoms with Gasteiger partial charge < -0.3 is 10.2 Å². The molecule has 0 fully saturated rings. The summed E-state index contributed by atoms with van der Waals surface area (Å²) >= 11 is 1.73. The molecule has 0 aromatic heterocycles. The summed E-state index contributed by atoms with van der Waals surface area (Å²) in [6, 6.07) is 0.185. The first kappa shape index (κ1) is 12.5. The van der Waals surface area contributed by atoms with E-state index in [0.29, 0.717) is 0 Å². The lowest BCUT2D eigenvalue weighted by Crippen LogP contribution is -2.27. The monoisotopic (exact) mass is 274 g/mol. The third-order valence-corrected chi connectivity index (χ3v) is 4.40. The molecule has 2 heterocycles. The van der Waals surface area contributed by atoms with E-state index in [4.69, 9.17) is 0 Å². The lowest BCUT2D eigenvalue weighted by atomic mass is 10.1. The average molecular weight is 274 g/mol. The molecule has 0 saturated carbocycles. The molecule has 5 heteroatoms. The lowest BCUT2D eigenvalue weighted by Gasteiger charge is -2.15. The summed E-state index contributed by atoms with van der Waals surface area (Å²) in [5, 5.41) is 4.28. The molecule has 0 radical (unpaired) electrons. The van der Waals surface area contributed by atoms with Crippen molar-refractivity contribution >= 4 is 24.4 Å². The molecule has 1 N–H and O–H groups in total. The third kappa shape index (κ3) is 2.76.